The summed E-state index contributed by atoms with van der Waals surface area (Å²) < 4.78 is 32.9. The topological polar surface area (TPSA) is 64.1 Å². The molecule has 4 rings (SSSR count). The van der Waals surface area contributed by atoms with Crippen LogP contribution in [-0.2, 0) is 11.2 Å². The molecule has 5 nitrogen and oxygen atoms in total. The third-order valence-corrected chi connectivity index (χ3v) is 4.50. The number of halogens is 2. The molecule has 0 radical (unpaired) electrons. The van der Waals surface area contributed by atoms with Gasteiger partial charge in [0, 0.05) is 36.0 Å². The smallest absolute Gasteiger partial charge is 0.244 e. The molecule has 146 valence electrons. The first-order chi connectivity index (χ1) is 14.1. The molecule has 2 heterocycles. The van der Waals surface area contributed by atoms with E-state index in [2.05, 4.69) is 15.3 Å². The third-order valence-electron chi connectivity index (χ3n) is 4.50. The van der Waals surface area contributed by atoms with Gasteiger partial charge in [0.2, 0.25) is 5.91 Å². The molecule has 29 heavy (non-hydrogen) atoms. The van der Waals surface area contributed by atoms with Crippen LogP contribution in [0.2, 0.25) is 0 Å². The second kappa shape index (κ2) is 8.18. The van der Waals surface area contributed by atoms with Gasteiger partial charge in [-0.2, -0.15) is 0 Å². The first-order valence-corrected chi connectivity index (χ1v) is 9.05. The summed E-state index contributed by atoms with van der Waals surface area (Å²) in [6.07, 6.45) is 7.76. The van der Waals surface area contributed by atoms with Gasteiger partial charge in [0.1, 0.15) is 23.5 Å². The number of carbonyl (C=O) groups excluding carboxylic acids is 1. The normalized spacial score (nSPS) is 15.2. The molecule has 3 aromatic rings. The lowest BCUT2D eigenvalue weighted by molar-refractivity contribution is -0.116. The summed E-state index contributed by atoms with van der Waals surface area (Å²) in [5, 5.41) is 2.77. The maximum atomic E-state index is 14.0. The van der Waals surface area contributed by atoms with Crippen LogP contribution in [0.1, 0.15) is 11.1 Å². The van der Waals surface area contributed by atoms with Crippen LogP contribution in [0.5, 0.6) is 5.75 Å². The number of nitrogens with one attached hydrogen (secondary N) is 1. The Balaban J connectivity index is 1.40. The van der Waals surface area contributed by atoms with Crippen molar-refractivity contribution in [1.29, 1.82) is 0 Å². The summed E-state index contributed by atoms with van der Waals surface area (Å²) in [5.74, 6) is -0.441. The number of hydrogen-bond acceptors (Lipinski definition) is 4. The zero-order chi connectivity index (χ0) is 20.2. The van der Waals surface area contributed by atoms with Crippen molar-refractivity contribution in [3.8, 4) is 17.0 Å². The first kappa shape index (κ1) is 18.7. The third kappa shape index (κ3) is 4.45. The first-order valence-electron chi connectivity index (χ1n) is 9.05. The van der Waals surface area contributed by atoms with Crippen molar-refractivity contribution in [1.82, 2.24) is 15.3 Å². The molecule has 0 bridgehead atoms. The predicted octanol–water partition coefficient (Wildman–Crippen LogP) is 3.55. The summed E-state index contributed by atoms with van der Waals surface area (Å²) >= 11 is 0. The molecule has 0 aliphatic carbocycles. The second-order valence-corrected chi connectivity index (χ2v) is 6.61. The largest absolute Gasteiger partial charge is 0.487 e. The van der Waals surface area contributed by atoms with Gasteiger partial charge in [-0.15, -0.1) is 0 Å². The molecule has 1 aliphatic heterocycles. The SMILES string of the molecule is O=C(/C=C/c1ccc(F)cc1)NC[C@@H]1Cc2cc(F)cc(-c3cnccn3)c2O1. The molecule has 0 saturated heterocycles. The number of benzene rings is 2. The molecule has 0 fully saturated rings. The summed E-state index contributed by atoms with van der Waals surface area (Å²) in [7, 11) is 0. The Hall–Kier alpha value is -3.61. The molecule has 2 aromatic carbocycles. The number of fused-ring (bicyclic) bond motifs is 1. The van der Waals surface area contributed by atoms with Crippen molar-refractivity contribution >= 4 is 12.0 Å². The van der Waals surface area contributed by atoms with Crippen molar-refractivity contribution in [2.75, 3.05) is 6.54 Å². The van der Waals surface area contributed by atoms with Gasteiger partial charge in [0.25, 0.3) is 0 Å². The second-order valence-electron chi connectivity index (χ2n) is 6.61. The highest BCUT2D eigenvalue weighted by atomic mass is 19.1. The Labute approximate surface area is 166 Å². The van der Waals surface area contributed by atoms with Gasteiger partial charge >= 0.3 is 0 Å². The monoisotopic (exact) mass is 393 g/mol. The van der Waals surface area contributed by atoms with Crippen molar-refractivity contribution in [2.24, 2.45) is 0 Å². The fourth-order valence-electron chi connectivity index (χ4n) is 3.16. The lowest BCUT2D eigenvalue weighted by atomic mass is 10.0. The van der Waals surface area contributed by atoms with Crippen LogP contribution in [0.3, 0.4) is 0 Å². The van der Waals surface area contributed by atoms with Crippen LogP contribution < -0.4 is 10.1 Å². The number of nitrogens with zero attached hydrogens (tertiary/aromatic N) is 2. The van der Waals surface area contributed by atoms with E-state index in [1.165, 1.54) is 36.5 Å². The molecule has 0 saturated carbocycles. The molecule has 1 amide bonds. The lowest BCUT2D eigenvalue weighted by Crippen LogP contribution is -2.33. The van der Waals surface area contributed by atoms with Gasteiger partial charge in [0.15, 0.2) is 0 Å². The summed E-state index contributed by atoms with van der Waals surface area (Å²) in [6.45, 7) is 0.267. The predicted molar refractivity (Wildman–Crippen MR) is 104 cm³/mol. The van der Waals surface area contributed by atoms with Crippen LogP contribution >= 0.6 is 0 Å². The van der Waals surface area contributed by atoms with Crippen LogP contribution in [0, 0.1) is 11.6 Å². The van der Waals surface area contributed by atoms with E-state index in [0.29, 0.717) is 23.4 Å². The Morgan fingerprint density at radius 2 is 2.00 bits per heavy atom. The van der Waals surface area contributed by atoms with Gasteiger partial charge in [-0.05, 0) is 35.9 Å². The van der Waals surface area contributed by atoms with Crippen molar-refractivity contribution in [3.63, 3.8) is 0 Å². The highest BCUT2D eigenvalue weighted by Crippen LogP contribution is 2.38. The van der Waals surface area contributed by atoms with E-state index in [1.807, 2.05) is 0 Å². The molecule has 1 aromatic heterocycles. The summed E-state index contributed by atoms with van der Waals surface area (Å²) in [4.78, 5) is 20.3. The summed E-state index contributed by atoms with van der Waals surface area (Å²) in [5.41, 5.74) is 2.51. The van der Waals surface area contributed by atoms with Crippen LogP contribution in [0.4, 0.5) is 8.78 Å². The van der Waals surface area contributed by atoms with E-state index in [4.69, 9.17) is 4.74 Å². The van der Waals surface area contributed by atoms with E-state index in [1.54, 1.807) is 30.6 Å². The average molecular weight is 393 g/mol. The Kier molecular flexibility index (Phi) is 5.29. The zero-order valence-corrected chi connectivity index (χ0v) is 15.3. The number of rotatable bonds is 5. The van der Waals surface area contributed by atoms with Gasteiger partial charge in [-0.3, -0.25) is 14.8 Å². The van der Waals surface area contributed by atoms with Crippen LogP contribution in [-0.4, -0.2) is 28.5 Å². The Morgan fingerprint density at radius 3 is 2.76 bits per heavy atom. The van der Waals surface area contributed by atoms with Gasteiger partial charge in [-0.1, -0.05) is 12.1 Å². The number of aromatic nitrogens is 2. The minimum absolute atomic E-state index is 0.267. The number of carbonyl (C=O) groups is 1. The van der Waals surface area contributed by atoms with E-state index < -0.39 is 0 Å². The fourth-order valence-corrected chi connectivity index (χ4v) is 3.16. The van der Waals surface area contributed by atoms with E-state index in [0.717, 1.165) is 11.1 Å². The maximum Gasteiger partial charge on any atom is 0.244 e. The highest BCUT2D eigenvalue weighted by molar-refractivity contribution is 5.91. The molecular formula is C22H17F2N3O2. The fraction of sp³-hybridized carbons (Fsp3) is 0.136. The van der Waals surface area contributed by atoms with E-state index in [-0.39, 0.29) is 30.2 Å². The van der Waals surface area contributed by atoms with Crippen LogP contribution in [0.15, 0.2) is 61.1 Å². The van der Waals surface area contributed by atoms with E-state index >= 15 is 0 Å². The minimum Gasteiger partial charge on any atom is -0.487 e. The molecule has 0 unspecified atom stereocenters. The average Bonchev–Trinajstić information content (AvgIpc) is 3.14. The molecule has 7 heteroatoms. The highest BCUT2D eigenvalue weighted by Gasteiger charge is 2.27. The van der Waals surface area contributed by atoms with Crippen molar-refractivity contribution < 1.29 is 18.3 Å². The van der Waals surface area contributed by atoms with Gasteiger partial charge in [0.05, 0.1) is 18.4 Å². The number of hydrogen-bond donors (Lipinski definition) is 1. The van der Waals surface area contributed by atoms with Crippen LogP contribution in [0.25, 0.3) is 17.3 Å². The van der Waals surface area contributed by atoms with Gasteiger partial charge in [-0.25, -0.2) is 8.78 Å². The molecule has 0 spiro atoms. The Bertz CT molecular complexity index is 1050. The van der Waals surface area contributed by atoms with E-state index in [9.17, 15) is 13.6 Å². The molecule has 1 N–H and O–H groups in total. The lowest BCUT2D eigenvalue weighted by Gasteiger charge is -2.12. The molecule has 1 aliphatic rings. The van der Waals surface area contributed by atoms with Crippen molar-refractivity contribution in [3.05, 3.63) is 83.8 Å². The Morgan fingerprint density at radius 1 is 1.17 bits per heavy atom. The number of ether oxygens (including phenoxy) is 1. The quantitative estimate of drug-likeness (QED) is 0.674. The zero-order valence-electron chi connectivity index (χ0n) is 15.3. The van der Waals surface area contributed by atoms with Gasteiger partial charge < -0.3 is 10.1 Å². The molecule has 1 atom stereocenters. The van der Waals surface area contributed by atoms with Crippen molar-refractivity contribution in [2.45, 2.75) is 12.5 Å². The standard InChI is InChI=1S/C22H17F2N3O2/c23-16-4-1-14(2-5-16)3-6-21(28)27-12-18-10-15-9-17(24)11-19(22(15)29-18)20-13-25-7-8-26-20/h1-9,11,13,18H,10,12H2,(H,27,28)/b6-3+/t18-/m0/s1. The summed E-state index contributed by atoms with van der Waals surface area (Å²) in [6, 6.07) is 8.63. The number of amides is 1. The maximum absolute atomic E-state index is 14.0. The minimum atomic E-state index is -0.375. The molecular weight excluding hydrogens is 376 g/mol.